The van der Waals surface area contributed by atoms with E-state index in [2.05, 4.69) is 29.4 Å². The van der Waals surface area contributed by atoms with Crippen molar-refractivity contribution >= 4 is 11.7 Å². The monoisotopic (exact) mass is 331 g/mol. The second-order valence-electron chi connectivity index (χ2n) is 7.13. The number of carbonyl (C=O) groups is 1. The number of piperidine rings is 1. The summed E-state index contributed by atoms with van der Waals surface area (Å²) in [5, 5.41) is 5.95. The van der Waals surface area contributed by atoms with E-state index in [9.17, 15) is 4.79 Å². The minimum atomic E-state index is -0.107. The molecule has 5 heteroatoms. The molecule has 0 saturated carbocycles. The van der Waals surface area contributed by atoms with Crippen molar-refractivity contribution in [1.29, 1.82) is 0 Å². The quantitative estimate of drug-likeness (QED) is 0.892. The number of amides is 2. The Hall–Kier alpha value is -1.59. The molecular formula is C19H29N3O2. The summed E-state index contributed by atoms with van der Waals surface area (Å²) < 4.78 is 5.48. The topological polar surface area (TPSA) is 53.6 Å². The summed E-state index contributed by atoms with van der Waals surface area (Å²) in [6, 6.07) is 6.51. The summed E-state index contributed by atoms with van der Waals surface area (Å²) in [5.74, 6) is 0.578. The Balaban J connectivity index is 1.38. The van der Waals surface area contributed by atoms with Crippen LogP contribution in [0.4, 0.5) is 10.5 Å². The van der Waals surface area contributed by atoms with Crippen molar-refractivity contribution in [3.05, 3.63) is 29.3 Å². The van der Waals surface area contributed by atoms with Crippen LogP contribution in [0.2, 0.25) is 0 Å². The fourth-order valence-electron chi connectivity index (χ4n) is 3.56. The van der Waals surface area contributed by atoms with E-state index in [4.69, 9.17) is 4.74 Å². The van der Waals surface area contributed by atoms with Crippen molar-refractivity contribution in [3.63, 3.8) is 0 Å². The van der Waals surface area contributed by atoms with Gasteiger partial charge in [-0.2, -0.15) is 0 Å². The Morgan fingerprint density at radius 1 is 1.21 bits per heavy atom. The number of nitrogens with one attached hydrogen (secondary N) is 2. The highest BCUT2D eigenvalue weighted by molar-refractivity contribution is 5.89. The standard InChI is InChI=1S/C19H29N3O2/c1-14-3-4-17(11-15(14)2)21-19(23)20-12-16-5-8-22(9-6-16)18-7-10-24-13-18/h3-4,11,16,18H,5-10,12-13H2,1-2H3,(H2,20,21,23)/t18-/m0/s1. The molecule has 2 heterocycles. The summed E-state index contributed by atoms with van der Waals surface area (Å²) in [5.41, 5.74) is 3.28. The van der Waals surface area contributed by atoms with E-state index in [1.807, 2.05) is 18.2 Å². The van der Waals surface area contributed by atoms with E-state index < -0.39 is 0 Å². The first kappa shape index (κ1) is 17.2. The van der Waals surface area contributed by atoms with Crippen LogP contribution in [-0.2, 0) is 4.74 Å². The zero-order valence-electron chi connectivity index (χ0n) is 14.8. The van der Waals surface area contributed by atoms with Gasteiger partial charge >= 0.3 is 6.03 Å². The Bertz CT molecular complexity index is 562. The third kappa shape index (κ3) is 4.48. The molecule has 24 heavy (non-hydrogen) atoms. The minimum Gasteiger partial charge on any atom is -0.380 e. The number of likely N-dealkylation sites (tertiary alicyclic amines) is 1. The molecule has 132 valence electrons. The average molecular weight is 331 g/mol. The second kappa shape index (κ2) is 7.99. The van der Waals surface area contributed by atoms with Gasteiger partial charge in [-0.25, -0.2) is 4.79 Å². The number of benzene rings is 1. The molecule has 3 rings (SSSR count). The van der Waals surface area contributed by atoms with E-state index in [-0.39, 0.29) is 6.03 Å². The first-order valence-corrected chi connectivity index (χ1v) is 9.05. The predicted molar refractivity (Wildman–Crippen MR) is 96.5 cm³/mol. The highest BCUT2D eigenvalue weighted by atomic mass is 16.5. The van der Waals surface area contributed by atoms with E-state index in [1.165, 1.54) is 17.5 Å². The highest BCUT2D eigenvalue weighted by Gasteiger charge is 2.27. The lowest BCUT2D eigenvalue weighted by Gasteiger charge is -2.35. The Morgan fingerprint density at radius 3 is 2.67 bits per heavy atom. The maximum absolute atomic E-state index is 12.1. The van der Waals surface area contributed by atoms with Gasteiger partial charge in [0, 0.05) is 24.9 Å². The summed E-state index contributed by atoms with van der Waals surface area (Å²) in [6.07, 6.45) is 3.47. The van der Waals surface area contributed by atoms with E-state index in [1.54, 1.807) is 0 Å². The molecule has 1 aromatic carbocycles. The molecular weight excluding hydrogens is 302 g/mol. The third-order valence-corrected chi connectivity index (χ3v) is 5.39. The Labute approximate surface area is 144 Å². The molecule has 0 spiro atoms. The van der Waals surface area contributed by atoms with Crippen LogP contribution in [0.3, 0.4) is 0 Å². The maximum atomic E-state index is 12.1. The van der Waals surface area contributed by atoms with Gasteiger partial charge < -0.3 is 15.4 Å². The summed E-state index contributed by atoms with van der Waals surface area (Å²) in [6.45, 7) is 8.93. The normalized spacial score (nSPS) is 22.5. The lowest BCUT2D eigenvalue weighted by Crippen LogP contribution is -2.44. The lowest BCUT2D eigenvalue weighted by molar-refractivity contribution is 0.110. The van der Waals surface area contributed by atoms with Gasteiger partial charge in [-0.1, -0.05) is 6.07 Å². The fraction of sp³-hybridized carbons (Fsp3) is 0.632. The van der Waals surface area contributed by atoms with Crippen LogP contribution >= 0.6 is 0 Å². The second-order valence-corrected chi connectivity index (χ2v) is 7.13. The van der Waals surface area contributed by atoms with Crippen LogP contribution in [0.15, 0.2) is 18.2 Å². The zero-order valence-corrected chi connectivity index (χ0v) is 14.8. The SMILES string of the molecule is Cc1ccc(NC(=O)NCC2CCN([C@H]3CCOC3)CC2)cc1C. The molecule has 5 nitrogen and oxygen atoms in total. The van der Waals surface area contributed by atoms with Crippen LogP contribution in [0.25, 0.3) is 0 Å². The number of ether oxygens (including phenoxy) is 1. The number of nitrogens with zero attached hydrogens (tertiary/aromatic N) is 1. The van der Waals surface area contributed by atoms with Gasteiger partial charge in [-0.15, -0.1) is 0 Å². The number of aryl methyl sites for hydroxylation is 2. The van der Waals surface area contributed by atoms with E-state index in [0.29, 0.717) is 12.0 Å². The number of anilines is 1. The average Bonchev–Trinajstić information content (AvgIpc) is 3.11. The Kier molecular flexibility index (Phi) is 5.74. The molecule has 0 bridgehead atoms. The summed E-state index contributed by atoms with van der Waals surface area (Å²) in [4.78, 5) is 14.6. The molecule has 1 atom stereocenters. The first-order chi connectivity index (χ1) is 11.6. The van der Waals surface area contributed by atoms with Gasteiger partial charge in [-0.05, 0) is 75.4 Å². The van der Waals surface area contributed by atoms with Crippen LogP contribution < -0.4 is 10.6 Å². The number of carbonyl (C=O) groups excluding carboxylic acids is 1. The van der Waals surface area contributed by atoms with Crippen LogP contribution in [0.1, 0.15) is 30.4 Å². The smallest absolute Gasteiger partial charge is 0.319 e. The van der Waals surface area contributed by atoms with Gasteiger partial charge in [-0.3, -0.25) is 4.90 Å². The molecule has 1 aromatic rings. The number of rotatable bonds is 4. The predicted octanol–water partition coefficient (Wildman–Crippen LogP) is 2.93. The van der Waals surface area contributed by atoms with E-state index >= 15 is 0 Å². The van der Waals surface area contributed by atoms with Gasteiger partial charge in [0.05, 0.1) is 6.61 Å². The lowest BCUT2D eigenvalue weighted by atomic mass is 9.95. The zero-order chi connectivity index (χ0) is 16.9. The molecule has 2 amide bonds. The molecule has 2 aliphatic rings. The molecule has 2 N–H and O–H groups in total. The number of hydrogen-bond donors (Lipinski definition) is 2. The minimum absolute atomic E-state index is 0.107. The Morgan fingerprint density at radius 2 is 2.00 bits per heavy atom. The highest BCUT2D eigenvalue weighted by Crippen LogP contribution is 2.22. The number of urea groups is 1. The van der Waals surface area contributed by atoms with Crippen molar-refractivity contribution in [2.45, 2.75) is 39.2 Å². The molecule has 0 aromatic heterocycles. The van der Waals surface area contributed by atoms with Crippen molar-refractivity contribution in [3.8, 4) is 0 Å². The van der Waals surface area contributed by atoms with Crippen LogP contribution in [0.5, 0.6) is 0 Å². The van der Waals surface area contributed by atoms with Gasteiger partial charge in [0.2, 0.25) is 0 Å². The van der Waals surface area contributed by atoms with Crippen molar-refractivity contribution < 1.29 is 9.53 Å². The van der Waals surface area contributed by atoms with Crippen LogP contribution in [-0.4, -0.2) is 49.8 Å². The van der Waals surface area contributed by atoms with Crippen LogP contribution in [0, 0.1) is 19.8 Å². The van der Waals surface area contributed by atoms with E-state index in [0.717, 1.165) is 51.4 Å². The molecule has 2 fully saturated rings. The first-order valence-electron chi connectivity index (χ1n) is 9.05. The molecule has 0 unspecified atom stereocenters. The van der Waals surface area contributed by atoms with Gasteiger partial charge in [0.25, 0.3) is 0 Å². The van der Waals surface area contributed by atoms with Crippen molar-refractivity contribution in [2.75, 3.05) is 38.2 Å². The molecule has 0 aliphatic carbocycles. The molecule has 2 aliphatic heterocycles. The molecule has 0 radical (unpaired) electrons. The maximum Gasteiger partial charge on any atom is 0.319 e. The van der Waals surface area contributed by atoms with Gasteiger partial charge in [0.15, 0.2) is 0 Å². The molecule has 2 saturated heterocycles. The fourth-order valence-corrected chi connectivity index (χ4v) is 3.56. The summed E-state index contributed by atoms with van der Waals surface area (Å²) in [7, 11) is 0. The van der Waals surface area contributed by atoms with Gasteiger partial charge in [0.1, 0.15) is 0 Å². The largest absolute Gasteiger partial charge is 0.380 e. The third-order valence-electron chi connectivity index (χ3n) is 5.39. The number of hydrogen-bond acceptors (Lipinski definition) is 3. The van der Waals surface area contributed by atoms with Crippen molar-refractivity contribution in [1.82, 2.24) is 10.2 Å². The van der Waals surface area contributed by atoms with Crippen molar-refractivity contribution in [2.24, 2.45) is 5.92 Å². The summed E-state index contributed by atoms with van der Waals surface area (Å²) >= 11 is 0.